The van der Waals surface area contributed by atoms with Gasteiger partial charge in [0.2, 0.25) is 5.95 Å². The topological polar surface area (TPSA) is 29.9 Å². The first-order valence-electron chi connectivity index (χ1n) is 6.47. The molecule has 1 atom stereocenters. The molecule has 2 aromatic heterocycles. The summed E-state index contributed by atoms with van der Waals surface area (Å²) in [5.41, 5.74) is 1.06. The fraction of sp³-hybridized carbons (Fsp3) is 0.500. The third kappa shape index (κ3) is 2.75. The van der Waals surface area contributed by atoms with Crippen molar-refractivity contribution in [3.8, 4) is 0 Å². The number of nitrogens with one attached hydrogen (secondary N) is 1. The van der Waals surface area contributed by atoms with Crippen molar-refractivity contribution in [2.24, 2.45) is 0 Å². The van der Waals surface area contributed by atoms with Crippen molar-refractivity contribution in [1.82, 2.24) is 9.55 Å². The van der Waals surface area contributed by atoms with Gasteiger partial charge in [-0.05, 0) is 38.6 Å². The van der Waals surface area contributed by atoms with Gasteiger partial charge in [-0.1, -0.05) is 13.0 Å². The molecule has 0 bridgehead atoms. The van der Waals surface area contributed by atoms with E-state index in [1.807, 2.05) is 18.3 Å². The van der Waals surface area contributed by atoms with E-state index in [2.05, 4.69) is 59.3 Å². The summed E-state index contributed by atoms with van der Waals surface area (Å²) < 4.78 is 2.27. The molecule has 98 valence electrons. The maximum atomic E-state index is 4.59. The lowest BCUT2D eigenvalue weighted by Crippen LogP contribution is -2.17. The number of thiophene rings is 1. The number of rotatable bonds is 5. The van der Waals surface area contributed by atoms with Gasteiger partial charge in [0, 0.05) is 17.1 Å². The van der Waals surface area contributed by atoms with E-state index < -0.39 is 0 Å². The molecular weight excluding hydrogens is 242 g/mol. The number of hydrogen-bond acceptors (Lipinski definition) is 3. The molecule has 0 spiro atoms. The Bertz CT molecular complexity index is 485. The summed E-state index contributed by atoms with van der Waals surface area (Å²) in [6.07, 6.45) is 3.21. The minimum Gasteiger partial charge on any atom is -0.353 e. The summed E-state index contributed by atoms with van der Waals surface area (Å²) in [4.78, 5) is 5.98. The van der Waals surface area contributed by atoms with Gasteiger partial charge in [0.25, 0.3) is 0 Å². The van der Waals surface area contributed by atoms with Crippen LogP contribution in [0.3, 0.4) is 0 Å². The second-order valence-corrected chi connectivity index (χ2v) is 5.83. The molecule has 0 aliphatic rings. The van der Waals surface area contributed by atoms with Crippen LogP contribution in [0.5, 0.6) is 0 Å². The van der Waals surface area contributed by atoms with Crippen molar-refractivity contribution in [3.63, 3.8) is 0 Å². The second kappa shape index (κ2) is 5.57. The highest BCUT2D eigenvalue weighted by molar-refractivity contribution is 7.10. The summed E-state index contributed by atoms with van der Waals surface area (Å²) in [6, 6.07) is 5.09. The number of aromatic nitrogens is 2. The quantitative estimate of drug-likeness (QED) is 0.881. The van der Waals surface area contributed by atoms with E-state index in [1.54, 1.807) is 0 Å². The van der Waals surface area contributed by atoms with Crippen molar-refractivity contribution in [3.05, 3.63) is 34.3 Å². The third-order valence-corrected chi connectivity index (χ3v) is 3.84. The lowest BCUT2D eigenvalue weighted by Gasteiger charge is -2.19. The molecule has 0 amide bonds. The molecule has 0 aliphatic carbocycles. The Hall–Kier alpha value is -1.29. The van der Waals surface area contributed by atoms with E-state index in [-0.39, 0.29) is 0 Å². The van der Waals surface area contributed by atoms with Gasteiger partial charge < -0.3 is 9.88 Å². The van der Waals surface area contributed by atoms with Crippen molar-refractivity contribution in [2.45, 2.75) is 46.2 Å². The summed E-state index contributed by atoms with van der Waals surface area (Å²) in [6.45, 7) is 8.54. The molecule has 2 rings (SSSR count). The zero-order valence-electron chi connectivity index (χ0n) is 11.5. The van der Waals surface area contributed by atoms with Crippen molar-refractivity contribution in [1.29, 1.82) is 0 Å². The van der Waals surface area contributed by atoms with Gasteiger partial charge in [-0.3, -0.25) is 0 Å². The summed E-state index contributed by atoms with van der Waals surface area (Å²) in [7, 11) is 0. The minimum atomic E-state index is 0.382. The Kier molecular flexibility index (Phi) is 4.07. The van der Waals surface area contributed by atoms with Crippen molar-refractivity contribution < 1.29 is 0 Å². The Morgan fingerprint density at radius 3 is 2.78 bits per heavy atom. The molecule has 0 saturated carbocycles. The fourth-order valence-electron chi connectivity index (χ4n) is 2.13. The number of aryl methyl sites for hydroxylation is 1. The highest BCUT2D eigenvalue weighted by atomic mass is 32.1. The van der Waals surface area contributed by atoms with Crippen LogP contribution in [0.25, 0.3) is 0 Å². The van der Waals surface area contributed by atoms with Crippen LogP contribution in [0.2, 0.25) is 0 Å². The molecule has 0 aliphatic heterocycles. The van der Waals surface area contributed by atoms with Crippen molar-refractivity contribution in [2.75, 3.05) is 5.32 Å². The maximum absolute atomic E-state index is 4.59. The highest BCUT2D eigenvalue weighted by Gasteiger charge is 2.17. The first kappa shape index (κ1) is 13.1. The van der Waals surface area contributed by atoms with Gasteiger partial charge in [-0.25, -0.2) is 4.98 Å². The first-order valence-corrected chi connectivity index (χ1v) is 7.35. The summed E-state index contributed by atoms with van der Waals surface area (Å²) in [5, 5.41) is 5.56. The largest absolute Gasteiger partial charge is 0.353 e. The second-order valence-electron chi connectivity index (χ2n) is 4.85. The molecule has 1 N–H and O–H groups in total. The lowest BCUT2D eigenvalue weighted by molar-refractivity contribution is 0.577. The van der Waals surface area contributed by atoms with E-state index >= 15 is 0 Å². The number of anilines is 1. The van der Waals surface area contributed by atoms with Crippen molar-refractivity contribution >= 4 is 17.3 Å². The zero-order chi connectivity index (χ0) is 13.1. The summed E-state index contributed by atoms with van der Waals surface area (Å²) in [5.74, 6) is 0.975. The van der Waals surface area contributed by atoms with Crippen LogP contribution >= 0.6 is 11.3 Å². The van der Waals surface area contributed by atoms with Gasteiger partial charge >= 0.3 is 0 Å². The first-order chi connectivity index (χ1) is 8.61. The molecule has 2 heterocycles. The van der Waals surface area contributed by atoms with Gasteiger partial charge in [0.1, 0.15) is 0 Å². The molecule has 18 heavy (non-hydrogen) atoms. The fourth-order valence-corrected chi connectivity index (χ4v) is 3.04. The number of imidazole rings is 1. The Morgan fingerprint density at radius 2 is 2.22 bits per heavy atom. The highest BCUT2D eigenvalue weighted by Crippen LogP contribution is 2.29. The predicted molar refractivity (Wildman–Crippen MR) is 78.5 cm³/mol. The minimum absolute atomic E-state index is 0.382. The van der Waals surface area contributed by atoms with Crippen LogP contribution in [0.15, 0.2) is 23.7 Å². The average molecular weight is 263 g/mol. The average Bonchev–Trinajstić information content (AvgIpc) is 2.90. The monoisotopic (exact) mass is 263 g/mol. The SMILES string of the molecule is CCC(c1cccs1)n1cc(C)nc1NC(C)C. The predicted octanol–water partition coefficient (Wildman–Crippen LogP) is 4.07. The molecule has 0 aromatic carbocycles. The van der Waals surface area contributed by atoms with E-state index in [4.69, 9.17) is 0 Å². The molecular formula is C14H21N3S. The molecule has 2 aromatic rings. The van der Waals surface area contributed by atoms with E-state index in [9.17, 15) is 0 Å². The summed E-state index contributed by atoms with van der Waals surface area (Å²) >= 11 is 1.81. The Morgan fingerprint density at radius 1 is 1.44 bits per heavy atom. The van der Waals surface area contributed by atoms with Crippen LogP contribution in [-0.2, 0) is 0 Å². The van der Waals surface area contributed by atoms with E-state index in [1.165, 1.54) is 4.88 Å². The van der Waals surface area contributed by atoms with Gasteiger partial charge in [0.15, 0.2) is 0 Å². The van der Waals surface area contributed by atoms with Crippen LogP contribution in [0.4, 0.5) is 5.95 Å². The van der Waals surface area contributed by atoms with Gasteiger partial charge in [-0.15, -0.1) is 11.3 Å². The van der Waals surface area contributed by atoms with E-state index in [0.717, 1.165) is 18.1 Å². The molecule has 0 fully saturated rings. The van der Waals surface area contributed by atoms with Crippen LogP contribution in [0, 0.1) is 6.92 Å². The Balaban J connectivity index is 2.36. The van der Waals surface area contributed by atoms with E-state index in [0.29, 0.717) is 12.1 Å². The lowest BCUT2D eigenvalue weighted by atomic mass is 10.2. The van der Waals surface area contributed by atoms with Gasteiger partial charge in [-0.2, -0.15) is 0 Å². The van der Waals surface area contributed by atoms with Crippen LogP contribution < -0.4 is 5.32 Å². The third-order valence-electron chi connectivity index (χ3n) is 2.86. The van der Waals surface area contributed by atoms with Crippen LogP contribution in [0.1, 0.15) is 43.8 Å². The standard InChI is InChI=1S/C14H21N3S/c1-5-12(13-7-6-8-18-13)17-9-11(4)16-14(17)15-10(2)3/h6-10,12H,5H2,1-4H3,(H,15,16). The van der Waals surface area contributed by atoms with Crippen LogP contribution in [-0.4, -0.2) is 15.6 Å². The molecule has 3 nitrogen and oxygen atoms in total. The van der Waals surface area contributed by atoms with Gasteiger partial charge in [0.05, 0.1) is 11.7 Å². The molecule has 1 unspecified atom stereocenters. The molecule has 0 radical (unpaired) electrons. The smallest absolute Gasteiger partial charge is 0.203 e. The number of hydrogen-bond donors (Lipinski definition) is 1. The number of nitrogens with zero attached hydrogens (tertiary/aromatic N) is 2. The normalized spacial score (nSPS) is 12.9. The zero-order valence-corrected chi connectivity index (χ0v) is 12.3. The Labute approximate surface area is 113 Å². The maximum Gasteiger partial charge on any atom is 0.203 e. The molecule has 4 heteroatoms. The molecule has 0 saturated heterocycles.